The Morgan fingerprint density at radius 3 is 2.06 bits per heavy atom. The van der Waals surface area contributed by atoms with Crippen molar-refractivity contribution in [3.8, 4) is 0 Å². The van der Waals surface area contributed by atoms with Crippen molar-refractivity contribution in [2.24, 2.45) is 11.3 Å². The third-order valence-corrected chi connectivity index (χ3v) is 3.51. The molecule has 0 amide bonds. The molecule has 0 aliphatic rings. The molecule has 0 fully saturated rings. The zero-order valence-electron chi connectivity index (χ0n) is 11.6. The van der Waals surface area contributed by atoms with Crippen LogP contribution in [-0.4, -0.2) is 5.92 Å². The molecule has 2 heteroatoms. The summed E-state index contributed by atoms with van der Waals surface area (Å²) in [7, 11) is 0. The molecule has 1 unspecified atom stereocenters. The van der Waals surface area contributed by atoms with Crippen LogP contribution in [0.2, 0.25) is 0 Å². The van der Waals surface area contributed by atoms with Gasteiger partial charge in [-0.2, -0.15) is 0 Å². The van der Waals surface area contributed by atoms with E-state index in [9.17, 15) is 8.78 Å². The molecule has 0 aliphatic carbocycles. The van der Waals surface area contributed by atoms with Gasteiger partial charge in [0.15, 0.2) is 0 Å². The van der Waals surface area contributed by atoms with E-state index in [1.165, 1.54) is 12.8 Å². The summed E-state index contributed by atoms with van der Waals surface area (Å²) in [5.74, 6) is -3.00. The quantitative estimate of drug-likeness (QED) is 0.475. The van der Waals surface area contributed by atoms with Gasteiger partial charge in [0.25, 0.3) is 0 Å². The number of unbranched alkanes of at least 4 members (excludes halogenated alkanes) is 2. The van der Waals surface area contributed by atoms with Crippen molar-refractivity contribution in [2.45, 2.75) is 79.1 Å². The van der Waals surface area contributed by atoms with Crippen molar-refractivity contribution >= 4 is 0 Å². The first-order valence-electron chi connectivity index (χ1n) is 6.63. The predicted octanol–water partition coefficient (Wildman–Crippen LogP) is 5.66. The molecule has 1 atom stereocenters. The summed E-state index contributed by atoms with van der Waals surface area (Å²) in [6.07, 6.45) is 5.20. The molecule has 0 bridgehead atoms. The number of hydrogen-bond donors (Lipinski definition) is 0. The summed E-state index contributed by atoms with van der Waals surface area (Å²) < 4.78 is 26.9. The molecule has 0 saturated carbocycles. The number of hydrogen-bond acceptors (Lipinski definition) is 0. The van der Waals surface area contributed by atoms with Crippen molar-refractivity contribution < 1.29 is 8.78 Å². The van der Waals surface area contributed by atoms with Crippen LogP contribution in [0.1, 0.15) is 73.1 Å². The van der Waals surface area contributed by atoms with Gasteiger partial charge in [0.1, 0.15) is 0 Å². The van der Waals surface area contributed by atoms with E-state index in [-0.39, 0.29) is 11.8 Å². The molecule has 0 aromatic heterocycles. The van der Waals surface area contributed by atoms with E-state index in [2.05, 4.69) is 20.8 Å². The maximum atomic E-state index is 13.5. The average molecular weight is 234 g/mol. The minimum absolute atomic E-state index is 0.0425. The minimum atomic E-state index is -2.50. The first-order valence-corrected chi connectivity index (χ1v) is 6.63. The maximum Gasteiger partial charge on any atom is 0.250 e. The van der Waals surface area contributed by atoms with E-state index in [0.29, 0.717) is 6.42 Å². The highest BCUT2D eigenvalue weighted by atomic mass is 19.3. The third kappa shape index (κ3) is 5.81. The summed E-state index contributed by atoms with van der Waals surface area (Å²) in [5.41, 5.74) is 0.0488. The first-order chi connectivity index (χ1) is 7.25. The summed E-state index contributed by atoms with van der Waals surface area (Å²) in [6.45, 7) is 9.66. The van der Waals surface area contributed by atoms with Gasteiger partial charge in [-0.15, -0.1) is 0 Å². The van der Waals surface area contributed by atoms with Crippen molar-refractivity contribution in [1.29, 1.82) is 0 Å². The van der Waals surface area contributed by atoms with Crippen LogP contribution in [0, 0.1) is 11.3 Å². The Bertz CT molecular complexity index is 185. The second kappa shape index (κ2) is 6.56. The highest BCUT2D eigenvalue weighted by Crippen LogP contribution is 2.39. The molecule has 0 aromatic carbocycles. The van der Waals surface area contributed by atoms with Crippen LogP contribution in [0.3, 0.4) is 0 Å². The molecular formula is C14H28F2. The van der Waals surface area contributed by atoms with Gasteiger partial charge >= 0.3 is 0 Å². The van der Waals surface area contributed by atoms with Gasteiger partial charge in [-0.25, -0.2) is 8.78 Å². The van der Waals surface area contributed by atoms with Crippen LogP contribution < -0.4 is 0 Å². The van der Waals surface area contributed by atoms with E-state index in [4.69, 9.17) is 0 Å². The molecule has 0 N–H and O–H groups in total. The molecule has 0 aromatic rings. The summed E-state index contributed by atoms with van der Waals surface area (Å²) in [6, 6.07) is 0. The molecule has 0 rings (SSSR count). The van der Waals surface area contributed by atoms with Crippen LogP contribution in [0.25, 0.3) is 0 Å². The van der Waals surface area contributed by atoms with Crippen LogP contribution in [0.4, 0.5) is 8.78 Å². The molecule has 0 radical (unpaired) electrons. The number of halogens is 2. The Morgan fingerprint density at radius 2 is 1.62 bits per heavy atom. The highest BCUT2D eigenvalue weighted by Gasteiger charge is 2.37. The van der Waals surface area contributed by atoms with E-state index in [0.717, 1.165) is 12.8 Å². The molecule has 16 heavy (non-hydrogen) atoms. The Labute approximate surface area is 99.8 Å². The van der Waals surface area contributed by atoms with Gasteiger partial charge in [-0.05, 0) is 18.3 Å². The largest absolute Gasteiger partial charge is 0.250 e. The van der Waals surface area contributed by atoms with Crippen molar-refractivity contribution in [1.82, 2.24) is 0 Å². The molecule has 0 aliphatic heterocycles. The lowest BCUT2D eigenvalue weighted by Gasteiger charge is -2.32. The maximum absolute atomic E-state index is 13.5. The van der Waals surface area contributed by atoms with Crippen LogP contribution in [-0.2, 0) is 0 Å². The third-order valence-electron chi connectivity index (χ3n) is 3.51. The van der Waals surface area contributed by atoms with Crippen molar-refractivity contribution in [3.05, 3.63) is 0 Å². The average Bonchev–Trinajstić information content (AvgIpc) is 2.17. The molecular weight excluding hydrogens is 206 g/mol. The lowest BCUT2D eigenvalue weighted by atomic mass is 9.77. The highest BCUT2D eigenvalue weighted by molar-refractivity contribution is 4.79. The first kappa shape index (κ1) is 15.9. The molecule has 0 heterocycles. The molecule has 0 spiro atoms. The van der Waals surface area contributed by atoms with E-state index >= 15 is 0 Å². The van der Waals surface area contributed by atoms with Crippen LogP contribution in [0.5, 0.6) is 0 Å². The van der Waals surface area contributed by atoms with E-state index < -0.39 is 11.8 Å². The Balaban J connectivity index is 4.14. The molecule has 98 valence electrons. The Kier molecular flexibility index (Phi) is 6.50. The van der Waals surface area contributed by atoms with Gasteiger partial charge in [0.05, 0.1) is 0 Å². The van der Waals surface area contributed by atoms with Crippen LogP contribution in [0.15, 0.2) is 0 Å². The van der Waals surface area contributed by atoms with Gasteiger partial charge in [-0.1, -0.05) is 53.9 Å². The Hall–Kier alpha value is -0.140. The second-order valence-corrected chi connectivity index (χ2v) is 5.84. The lowest BCUT2D eigenvalue weighted by Crippen LogP contribution is -2.29. The van der Waals surface area contributed by atoms with Gasteiger partial charge in [0, 0.05) is 12.3 Å². The second-order valence-electron chi connectivity index (χ2n) is 5.84. The number of alkyl halides is 2. The zero-order chi connectivity index (χ0) is 12.8. The SMILES string of the molecule is CCCCCC(C)(C)CC(C)C(F)(F)CC. The Morgan fingerprint density at radius 1 is 1.06 bits per heavy atom. The minimum Gasteiger partial charge on any atom is -0.207 e. The van der Waals surface area contributed by atoms with Crippen molar-refractivity contribution in [3.63, 3.8) is 0 Å². The normalized spacial score (nSPS) is 15.2. The fourth-order valence-electron chi connectivity index (χ4n) is 2.28. The van der Waals surface area contributed by atoms with Crippen LogP contribution >= 0.6 is 0 Å². The summed E-state index contributed by atoms with van der Waals surface area (Å²) >= 11 is 0. The summed E-state index contributed by atoms with van der Waals surface area (Å²) in [4.78, 5) is 0. The van der Waals surface area contributed by atoms with Gasteiger partial charge < -0.3 is 0 Å². The van der Waals surface area contributed by atoms with Crippen molar-refractivity contribution in [2.75, 3.05) is 0 Å². The molecule has 0 saturated heterocycles. The topological polar surface area (TPSA) is 0 Å². The fourth-order valence-corrected chi connectivity index (χ4v) is 2.28. The standard InChI is InChI=1S/C14H28F2/c1-6-8-9-10-13(4,5)11-12(3)14(15,16)7-2/h12H,6-11H2,1-5H3. The van der Waals surface area contributed by atoms with E-state index in [1.54, 1.807) is 13.8 Å². The number of rotatable bonds is 8. The zero-order valence-corrected chi connectivity index (χ0v) is 11.6. The monoisotopic (exact) mass is 234 g/mol. The van der Waals surface area contributed by atoms with Gasteiger partial charge in [0.2, 0.25) is 5.92 Å². The van der Waals surface area contributed by atoms with E-state index in [1.807, 2.05) is 0 Å². The van der Waals surface area contributed by atoms with Gasteiger partial charge in [-0.3, -0.25) is 0 Å². The predicted molar refractivity (Wildman–Crippen MR) is 66.9 cm³/mol. The summed E-state index contributed by atoms with van der Waals surface area (Å²) in [5, 5.41) is 0. The fraction of sp³-hybridized carbons (Fsp3) is 1.00. The smallest absolute Gasteiger partial charge is 0.207 e. The molecule has 0 nitrogen and oxygen atoms in total. The lowest BCUT2D eigenvalue weighted by molar-refractivity contribution is -0.0686.